The van der Waals surface area contributed by atoms with Gasteiger partial charge in [-0.3, -0.25) is 0 Å². The standard InChI is InChI=1S/C2H6O2.H3N.H2O/c3-1-2-4;;/h3-4H,1-2H2;1H3;1H2. The van der Waals surface area contributed by atoms with Crippen molar-refractivity contribution in [2.45, 2.75) is 0 Å². The van der Waals surface area contributed by atoms with Crippen LogP contribution in [0.1, 0.15) is 0 Å². The number of rotatable bonds is 1. The molecule has 0 aliphatic rings. The smallest absolute Gasteiger partial charge is 0.0662 e. The molecule has 0 aromatic rings. The molecule has 0 atom stereocenters. The molecule has 0 aliphatic carbocycles. The highest BCUT2D eigenvalue weighted by molar-refractivity contribution is 4.06. The first-order chi connectivity index (χ1) is 1.91. The predicted molar refractivity (Wildman–Crippen MR) is 22.1 cm³/mol. The molecule has 0 heterocycles. The van der Waals surface area contributed by atoms with Crippen LogP contribution in [0.3, 0.4) is 0 Å². The van der Waals surface area contributed by atoms with Gasteiger partial charge < -0.3 is 21.8 Å². The molecule has 0 radical (unpaired) electrons. The van der Waals surface area contributed by atoms with Crippen LogP contribution in [-0.4, -0.2) is 28.9 Å². The van der Waals surface area contributed by atoms with Crippen molar-refractivity contribution in [1.29, 1.82) is 0 Å². The van der Waals surface area contributed by atoms with E-state index in [1.54, 1.807) is 0 Å². The highest BCUT2D eigenvalue weighted by atomic mass is 16.3. The van der Waals surface area contributed by atoms with Gasteiger partial charge in [-0.15, -0.1) is 0 Å². The monoisotopic (exact) mass is 97.1 g/mol. The summed E-state index contributed by atoms with van der Waals surface area (Å²) in [6.07, 6.45) is 0. The lowest BCUT2D eigenvalue weighted by molar-refractivity contribution is 0.186. The zero-order valence-corrected chi connectivity index (χ0v) is 3.76. The molecule has 0 aromatic heterocycles. The third-order valence-electron chi connectivity index (χ3n) is 0.1000. The summed E-state index contributed by atoms with van der Waals surface area (Å²) in [6, 6.07) is 0. The van der Waals surface area contributed by atoms with Crippen molar-refractivity contribution in [1.82, 2.24) is 6.15 Å². The highest BCUT2D eigenvalue weighted by Gasteiger charge is 1.58. The average molecular weight is 97.1 g/mol. The van der Waals surface area contributed by atoms with Gasteiger partial charge in [0.15, 0.2) is 0 Å². The lowest BCUT2D eigenvalue weighted by Gasteiger charge is -1.70. The first kappa shape index (κ1) is 17.0. The van der Waals surface area contributed by atoms with Crippen LogP contribution in [0.2, 0.25) is 0 Å². The van der Waals surface area contributed by atoms with Crippen LogP contribution in [0.4, 0.5) is 0 Å². The average Bonchev–Trinajstić information content (AvgIpc) is 1.37. The van der Waals surface area contributed by atoms with E-state index in [1.165, 1.54) is 0 Å². The summed E-state index contributed by atoms with van der Waals surface area (Å²) < 4.78 is 0. The molecule has 7 N–H and O–H groups in total. The van der Waals surface area contributed by atoms with Gasteiger partial charge in [0.1, 0.15) is 0 Å². The van der Waals surface area contributed by atoms with E-state index in [2.05, 4.69) is 0 Å². The molecule has 4 nitrogen and oxygen atoms in total. The van der Waals surface area contributed by atoms with E-state index in [0.717, 1.165) is 0 Å². The minimum absolute atomic E-state index is 0. The van der Waals surface area contributed by atoms with Crippen molar-refractivity contribution in [3.8, 4) is 0 Å². The van der Waals surface area contributed by atoms with Crippen LogP contribution in [0.25, 0.3) is 0 Å². The molecule has 42 valence electrons. The van der Waals surface area contributed by atoms with Gasteiger partial charge in [-0.05, 0) is 0 Å². The van der Waals surface area contributed by atoms with Crippen molar-refractivity contribution in [3.63, 3.8) is 0 Å². The molecular formula is C2H11NO3. The fourth-order valence-corrected chi connectivity index (χ4v) is 0. The van der Waals surface area contributed by atoms with Crippen molar-refractivity contribution in [2.24, 2.45) is 0 Å². The Balaban J connectivity index is -0.0000000450. The van der Waals surface area contributed by atoms with Gasteiger partial charge in [0.2, 0.25) is 0 Å². The second-order valence-corrected chi connectivity index (χ2v) is 0.447. The number of aliphatic hydroxyl groups is 2. The minimum Gasteiger partial charge on any atom is -0.870 e. The second-order valence-electron chi connectivity index (χ2n) is 0.447. The Hall–Kier alpha value is -0.160. The molecule has 0 fully saturated rings. The topological polar surface area (TPSA) is 107 Å². The summed E-state index contributed by atoms with van der Waals surface area (Å²) >= 11 is 0. The summed E-state index contributed by atoms with van der Waals surface area (Å²) in [7, 11) is 0. The third-order valence-corrected chi connectivity index (χ3v) is 0.1000. The summed E-state index contributed by atoms with van der Waals surface area (Å²) in [6.45, 7) is -0.250. The molecule has 4 heteroatoms. The molecule has 0 rings (SSSR count). The fourth-order valence-electron chi connectivity index (χ4n) is 0. The Kier molecular flexibility index (Phi) is 59.6. The Morgan fingerprint density at radius 2 is 1.17 bits per heavy atom. The molecular weight excluding hydrogens is 86.0 g/mol. The summed E-state index contributed by atoms with van der Waals surface area (Å²) in [5.41, 5.74) is 0. The molecule has 0 unspecified atom stereocenters. The maximum absolute atomic E-state index is 7.62. The van der Waals surface area contributed by atoms with Crippen LogP contribution in [0, 0.1) is 0 Å². The minimum atomic E-state index is -0.125. The molecule has 6 heavy (non-hydrogen) atoms. The van der Waals surface area contributed by atoms with Gasteiger partial charge in [-0.25, -0.2) is 0 Å². The van der Waals surface area contributed by atoms with E-state index >= 15 is 0 Å². The molecule has 0 bridgehead atoms. The Morgan fingerprint density at radius 1 is 1.00 bits per heavy atom. The van der Waals surface area contributed by atoms with Crippen LogP contribution >= 0.6 is 0 Å². The molecule has 0 saturated heterocycles. The van der Waals surface area contributed by atoms with E-state index in [0.29, 0.717) is 0 Å². The van der Waals surface area contributed by atoms with Crippen LogP contribution in [0.15, 0.2) is 0 Å². The largest absolute Gasteiger partial charge is 0.870 e. The van der Waals surface area contributed by atoms with Crippen molar-refractivity contribution in [2.75, 3.05) is 13.2 Å². The van der Waals surface area contributed by atoms with Gasteiger partial charge >= 0.3 is 0 Å². The zero-order chi connectivity index (χ0) is 3.41. The number of hydrogen-bond donors (Lipinski definition) is 3. The number of quaternary nitrogens is 1. The lowest BCUT2D eigenvalue weighted by Crippen LogP contribution is -1.85. The van der Waals surface area contributed by atoms with E-state index in [-0.39, 0.29) is 24.8 Å². The maximum atomic E-state index is 7.62. The van der Waals surface area contributed by atoms with Crippen LogP contribution in [-0.2, 0) is 0 Å². The quantitative estimate of drug-likeness (QED) is 0.397. The van der Waals surface area contributed by atoms with Crippen molar-refractivity contribution in [3.05, 3.63) is 0 Å². The van der Waals surface area contributed by atoms with Crippen LogP contribution in [0.5, 0.6) is 0 Å². The first-order valence-corrected chi connectivity index (χ1v) is 1.13. The van der Waals surface area contributed by atoms with Crippen LogP contribution < -0.4 is 6.15 Å². The summed E-state index contributed by atoms with van der Waals surface area (Å²) in [5, 5.41) is 15.2. The van der Waals surface area contributed by atoms with Gasteiger partial charge in [0, 0.05) is 0 Å². The highest BCUT2D eigenvalue weighted by Crippen LogP contribution is 1.39. The van der Waals surface area contributed by atoms with Crippen molar-refractivity contribution < 1.29 is 15.7 Å². The number of aliphatic hydroxyl groups excluding tert-OH is 2. The Labute approximate surface area is 36.3 Å². The SMILES string of the molecule is OCCO.[NH4+].[OH-]. The molecule has 0 amide bonds. The molecule has 0 spiro atoms. The zero-order valence-electron chi connectivity index (χ0n) is 3.76. The Bertz CT molecular complexity index is 10.8. The van der Waals surface area contributed by atoms with E-state index in [9.17, 15) is 0 Å². The van der Waals surface area contributed by atoms with E-state index < -0.39 is 0 Å². The van der Waals surface area contributed by atoms with E-state index in [4.69, 9.17) is 10.2 Å². The van der Waals surface area contributed by atoms with Gasteiger partial charge in [-0.1, -0.05) is 0 Å². The maximum Gasteiger partial charge on any atom is 0.0662 e. The molecule has 0 saturated carbocycles. The number of hydrogen-bond acceptors (Lipinski definition) is 3. The summed E-state index contributed by atoms with van der Waals surface area (Å²) in [5.74, 6) is 0. The lowest BCUT2D eigenvalue weighted by atomic mass is 10.8. The fraction of sp³-hybridized carbons (Fsp3) is 1.00. The predicted octanol–water partition coefficient (Wildman–Crippen LogP) is -0.830. The Morgan fingerprint density at radius 3 is 1.17 bits per heavy atom. The second kappa shape index (κ2) is 21.1. The van der Waals surface area contributed by atoms with Crippen molar-refractivity contribution >= 4 is 0 Å². The first-order valence-electron chi connectivity index (χ1n) is 1.13. The van der Waals surface area contributed by atoms with Gasteiger partial charge in [-0.2, -0.15) is 0 Å². The molecule has 0 aliphatic heterocycles. The van der Waals surface area contributed by atoms with Gasteiger partial charge in [0.05, 0.1) is 13.2 Å². The van der Waals surface area contributed by atoms with Gasteiger partial charge in [0.25, 0.3) is 0 Å². The molecule has 0 aromatic carbocycles. The summed E-state index contributed by atoms with van der Waals surface area (Å²) in [4.78, 5) is 0. The van der Waals surface area contributed by atoms with E-state index in [1.807, 2.05) is 0 Å². The normalized spacial score (nSPS) is 5.00. The third kappa shape index (κ3) is 43.9.